The van der Waals surface area contributed by atoms with Gasteiger partial charge in [-0.2, -0.15) is 4.52 Å². The molecule has 0 spiro atoms. The van der Waals surface area contributed by atoms with Gasteiger partial charge in [0.05, 0.1) is 6.10 Å². The van der Waals surface area contributed by atoms with Crippen molar-refractivity contribution < 1.29 is 9.53 Å². The largest absolute Gasteiger partial charge is 0.376 e. The molecule has 2 aliphatic carbocycles. The van der Waals surface area contributed by atoms with Crippen molar-refractivity contribution in [3.63, 3.8) is 0 Å². The summed E-state index contributed by atoms with van der Waals surface area (Å²) in [6.45, 7) is 2.50. The van der Waals surface area contributed by atoms with E-state index < -0.39 is 0 Å². The van der Waals surface area contributed by atoms with Gasteiger partial charge in [-0.3, -0.25) is 4.79 Å². The van der Waals surface area contributed by atoms with Crippen LogP contribution >= 0.6 is 0 Å². The molecule has 3 fully saturated rings. The van der Waals surface area contributed by atoms with E-state index in [-0.39, 0.29) is 12.0 Å². The van der Waals surface area contributed by atoms with Crippen molar-refractivity contribution in [3.05, 3.63) is 23.9 Å². The summed E-state index contributed by atoms with van der Waals surface area (Å²) in [5, 5.41) is 11.6. The second-order valence-corrected chi connectivity index (χ2v) is 8.91. The number of likely N-dealkylation sites (N-methyl/N-ethyl adjacent to an activating group) is 1. The summed E-state index contributed by atoms with van der Waals surface area (Å²) in [5.41, 5.74) is 1.13. The number of nitrogens with zero attached hydrogens (tertiary/aromatic N) is 6. The fraction of sp³-hybridized carbons (Fsp3) is 0.700. The van der Waals surface area contributed by atoms with Gasteiger partial charge in [0.15, 0.2) is 5.65 Å². The Kier molecular flexibility index (Phi) is 4.55. The minimum absolute atomic E-state index is 0.0177. The maximum absolute atomic E-state index is 13.2. The van der Waals surface area contributed by atoms with E-state index in [4.69, 9.17) is 4.74 Å². The predicted octanol–water partition coefficient (Wildman–Crippen LogP) is 1.33. The number of carbonyl (C=O) groups is 1. The first kappa shape index (κ1) is 18.0. The highest BCUT2D eigenvalue weighted by Gasteiger charge is 2.45. The van der Waals surface area contributed by atoms with Crippen molar-refractivity contribution in [2.24, 2.45) is 17.8 Å². The number of amides is 1. The van der Waals surface area contributed by atoms with Crippen LogP contribution < -0.4 is 0 Å². The van der Waals surface area contributed by atoms with Gasteiger partial charge in [-0.25, -0.2) is 0 Å². The molecule has 2 aromatic rings. The Balaban J connectivity index is 1.31. The van der Waals surface area contributed by atoms with Gasteiger partial charge in [-0.1, -0.05) is 6.07 Å². The van der Waals surface area contributed by atoms with Crippen LogP contribution in [-0.2, 0) is 4.74 Å². The first-order chi connectivity index (χ1) is 13.6. The van der Waals surface area contributed by atoms with E-state index in [2.05, 4.69) is 34.5 Å². The van der Waals surface area contributed by atoms with Gasteiger partial charge in [0.25, 0.3) is 5.91 Å². The highest BCUT2D eigenvalue weighted by molar-refractivity contribution is 5.93. The molecule has 5 rings (SSSR count). The summed E-state index contributed by atoms with van der Waals surface area (Å²) >= 11 is 0. The number of hydrogen-bond donors (Lipinski definition) is 0. The molecule has 1 amide bonds. The van der Waals surface area contributed by atoms with Crippen LogP contribution in [0.1, 0.15) is 36.2 Å². The van der Waals surface area contributed by atoms with E-state index in [0.717, 1.165) is 38.5 Å². The van der Waals surface area contributed by atoms with E-state index in [9.17, 15) is 4.79 Å². The maximum atomic E-state index is 13.2. The summed E-state index contributed by atoms with van der Waals surface area (Å²) in [5.74, 6) is 1.84. The Morgan fingerprint density at radius 1 is 1.21 bits per heavy atom. The van der Waals surface area contributed by atoms with E-state index in [1.165, 1.54) is 17.4 Å². The summed E-state index contributed by atoms with van der Waals surface area (Å²) in [7, 11) is 4.30. The number of hydrogen-bond acceptors (Lipinski definition) is 6. The van der Waals surface area contributed by atoms with Gasteiger partial charge in [0, 0.05) is 25.7 Å². The lowest BCUT2D eigenvalue weighted by Gasteiger charge is -2.41. The van der Waals surface area contributed by atoms with Crippen molar-refractivity contribution >= 4 is 11.6 Å². The van der Waals surface area contributed by atoms with Crippen molar-refractivity contribution in [2.45, 2.75) is 37.8 Å². The summed E-state index contributed by atoms with van der Waals surface area (Å²) in [4.78, 5) is 17.5. The average molecular weight is 384 g/mol. The Morgan fingerprint density at radius 3 is 2.75 bits per heavy atom. The number of tetrazole rings is 1. The number of rotatable bonds is 5. The van der Waals surface area contributed by atoms with Gasteiger partial charge in [-0.05, 0) is 80.1 Å². The molecule has 0 bridgehead atoms. The highest BCUT2D eigenvalue weighted by Crippen LogP contribution is 2.40. The number of fused-ring (bicyclic) bond motifs is 2. The molecule has 8 heteroatoms. The predicted molar refractivity (Wildman–Crippen MR) is 103 cm³/mol. The highest BCUT2D eigenvalue weighted by atomic mass is 16.5. The van der Waals surface area contributed by atoms with Crippen molar-refractivity contribution in [3.8, 4) is 0 Å². The second kappa shape index (κ2) is 7.08. The minimum atomic E-state index is 0.0177. The zero-order chi connectivity index (χ0) is 19.3. The Hall–Kier alpha value is -2.06. The van der Waals surface area contributed by atoms with Gasteiger partial charge in [0.1, 0.15) is 5.69 Å². The van der Waals surface area contributed by atoms with Crippen LogP contribution in [0.15, 0.2) is 18.2 Å². The molecule has 2 saturated carbocycles. The molecule has 1 saturated heterocycles. The number of pyridine rings is 1. The van der Waals surface area contributed by atoms with E-state index in [1.807, 2.05) is 17.0 Å². The maximum Gasteiger partial charge on any atom is 0.272 e. The molecular formula is C20H28N6O2. The SMILES string of the molecule is CN(C)[C@@H]1C[C@@H]2CN(C(=O)c3cccc4nnnn34)C[C@@H]2C[C@H]1OCC1CC1. The third-order valence-corrected chi connectivity index (χ3v) is 6.72. The number of ether oxygens (including phenoxy) is 1. The van der Waals surface area contributed by atoms with Crippen LogP contribution in [0.25, 0.3) is 5.65 Å². The van der Waals surface area contributed by atoms with E-state index in [1.54, 1.807) is 6.07 Å². The first-order valence-electron chi connectivity index (χ1n) is 10.3. The molecule has 3 heterocycles. The van der Waals surface area contributed by atoms with Gasteiger partial charge < -0.3 is 14.5 Å². The van der Waals surface area contributed by atoms with E-state index >= 15 is 0 Å². The molecule has 3 aliphatic rings. The lowest BCUT2D eigenvalue weighted by molar-refractivity contribution is -0.0493. The number of carbonyl (C=O) groups excluding carboxylic acids is 1. The quantitative estimate of drug-likeness (QED) is 0.774. The van der Waals surface area contributed by atoms with Gasteiger partial charge >= 0.3 is 0 Å². The Bertz CT molecular complexity index is 863. The van der Waals surface area contributed by atoms with Gasteiger partial charge in [-0.15, -0.1) is 5.10 Å². The summed E-state index contributed by atoms with van der Waals surface area (Å²) in [6.07, 6.45) is 5.03. The van der Waals surface area contributed by atoms with Crippen LogP contribution in [0, 0.1) is 17.8 Å². The van der Waals surface area contributed by atoms with Crippen molar-refractivity contribution in [1.29, 1.82) is 0 Å². The Labute approximate surface area is 164 Å². The van der Waals surface area contributed by atoms with Crippen LogP contribution in [0.2, 0.25) is 0 Å². The molecule has 0 N–H and O–H groups in total. The molecule has 2 aromatic heterocycles. The molecule has 0 radical (unpaired) electrons. The Morgan fingerprint density at radius 2 is 2.00 bits per heavy atom. The molecular weight excluding hydrogens is 356 g/mol. The molecule has 4 atom stereocenters. The molecule has 1 aliphatic heterocycles. The fourth-order valence-corrected chi connectivity index (χ4v) is 4.91. The number of likely N-dealkylation sites (tertiary alicyclic amines) is 1. The fourth-order valence-electron chi connectivity index (χ4n) is 4.91. The van der Waals surface area contributed by atoms with Gasteiger partial charge in [0.2, 0.25) is 0 Å². The lowest BCUT2D eigenvalue weighted by atomic mass is 9.77. The molecule has 150 valence electrons. The smallest absolute Gasteiger partial charge is 0.272 e. The van der Waals surface area contributed by atoms with Crippen LogP contribution in [0.4, 0.5) is 0 Å². The molecule has 8 nitrogen and oxygen atoms in total. The average Bonchev–Trinajstić information content (AvgIpc) is 3.23. The minimum Gasteiger partial charge on any atom is -0.376 e. The van der Waals surface area contributed by atoms with Crippen molar-refractivity contribution in [1.82, 2.24) is 29.8 Å². The zero-order valence-corrected chi connectivity index (χ0v) is 16.6. The second-order valence-electron chi connectivity index (χ2n) is 8.91. The third kappa shape index (κ3) is 3.28. The third-order valence-electron chi connectivity index (χ3n) is 6.72. The standard InChI is InChI=1S/C20H28N6O2/c1-24(2)17-8-14-10-25(11-15(14)9-18(17)28-12-13-6-7-13)20(27)16-4-3-5-19-21-22-23-26(16)19/h3-5,13-15,17-18H,6-12H2,1-2H3/t14-,15+,17-,18-/m1/s1. The van der Waals surface area contributed by atoms with Crippen LogP contribution in [0.3, 0.4) is 0 Å². The molecule has 0 aromatic carbocycles. The lowest BCUT2D eigenvalue weighted by Crippen LogP contribution is -2.48. The topological polar surface area (TPSA) is 75.9 Å². The summed E-state index contributed by atoms with van der Waals surface area (Å²) in [6, 6.07) is 5.88. The first-order valence-corrected chi connectivity index (χ1v) is 10.3. The van der Waals surface area contributed by atoms with Crippen LogP contribution in [-0.4, -0.2) is 81.7 Å². The molecule has 0 unspecified atom stereocenters. The zero-order valence-electron chi connectivity index (χ0n) is 16.6. The van der Waals surface area contributed by atoms with Crippen molar-refractivity contribution in [2.75, 3.05) is 33.8 Å². The number of aromatic nitrogens is 4. The molecule has 28 heavy (non-hydrogen) atoms. The normalized spacial score (nSPS) is 30.2. The summed E-state index contributed by atoms with van der Waals surface area (Å²) < 4.78 is 7.88. The van der Waals surface area contributed by atoms with E-state index in [0.29, 0.717) is 29.2 Å². The van der Waals surface area contributed by atoms with Crippen LogP contribution in [0.5, 0.6) is 0 Å². The monoisotopic (exact) mass is 384 g/mol.